The average Bonchev–Trinajstić information content (AvgIpc) is 2.39. The van der Waals surface area contributed by atoms with Gasteiger partial charge in [0, 0.05) is 20.1 Å². The molecule has 0 radical (unpaired) electrons. The predicted molar refractivity (Wildman–Crippen MR) is 67.4 cm³/mol. The van der Waals surface area contributed by atoms with Crippen molar-refractivity contribution in [2.45, 2.75) is 6.92 Å². The molecule has 1 aromatic heterocycles. The van der Waals surface area contributed by atoms with Crippen LogP contribution in [0.3, 0.4) is 0 Å². The summed E-state index contributed by atoms with van der Waals surface area (Å²) in [5.41, 5.74) is 0. The van der Waals surface area contributed by atoms with E-state index in [4.69, 9.17) is 9.84 Å². The summed E-state index contributed by atoms with van der Waals surface area (Å²) in [7, 11) is 1.81. The van der Waals surface area contributed by atoms with Gasteiger partial charge in [-0.1, -0.05) is 0 Å². The maximum atomic E-state index is 8.60. The Morgan fingerprint density at radius 2 is 2.24 bits per heavy atom. The highest BCUT2D eigenvalue weighted by atomic mass is 16.5. The van der Waals surface area contributed by atoms with Crippen LogP contribution in [0.5, 0.6) is 0 Å². The SMILES string of the molecule is CCN(CCOCCO)c1cncc(NC)n1. The molecular weight excluding hydrogens is 220 g/mol. The third kappa shape index (κ3) is 4.54. The summed E-state index contributed by atoms with van der Waals surface area (Å²) in [5.74, 6) is 1.57. The van der Waals surface area contributed by atoms with Crippen LogP contribution in [0.4, 0.5) is 11.6 Å². The van der Waals surface area contributed by atoms with Gasteiger partial charge in [0.15, 0.2) is 0 Å². The second-order valence-electron chi connectivity index (χ2n) is 3.43. The van der Waals surface area contributed by atoms with Crippen LogP contribution in [0.15, 0.2) is 12.4 Å². The summed E-state index contributed by atoms with van der Waals surface area (Å²) in [4.78, 5) is 10.6. The molecule has 17 heavy (non-hydrogen) atoms. The number of aromatic nitrogens is 2. The molecule has 6 heteroatoms. The number of nitrogens with one attached hydrogen (secondary N) is 1. The lowest BCUT2D eigenvalue weighted by Gasteiger charge is -2.21. The van der Waals surface area contributed by atoms with E-state index in [2.05, 4.69) is 27.1 Å². The predicted octanol–water partition coefficient (Wildman–Crippen LogP) is 0.353. The largest absolute Gasteiger partial charge is 0.394 e. The molecule has 0 amide bonds. The summed E-state index contributed by atoms with van der Waals surface area (Å²) in [6.07, 6.45) is 3.41. The number of hydrogen-bond donors (Lipinski definition) is 2. The first kappa shape index (κ1) is 13.7. The van der Waals surface area contributed by atoms with Crippen molar-refractivity contribution in [1.29, 1.82) is 0 Å². The Kier molecular flexibility index (Phi) is 6.27. The molecular formula is C11H20N4O2. The van der Waals surface area contributed by atoms with Crippen molar-refractivity contribution in [1.82, 2.24) is 9.97 Å². The van der Waals surface area contributed by atoms with E-state index in [9.17, 15) is 0 Å². The molecule has 1 aromatic rings. The van der Waals surface area contributed by atoms with Crippen LogP contribution >= 0.6 is 0 Å². The molecule has 0 saturated heterocycles. The number of ether oxygens (including phenoxy) is 1. The normalized spacial score (nSPS) is 10.3. The van der Waals surface area contributed by atoms with E-state index in [-0.39, 0.29) is 6.61 Å². The Balaban J connectivity index is 2.53. The number of likely N-dealkylation sites (N-methyl/N-ethyl adjacent to an activating group) is 1. The molecule has 6 nitrogen and oxygen atoms in total. The smallest absolute Gasteiger partial charge is 0.149 e. The van der Waals surface area contributed by atoms with Crippen LogP contribution < -0.4 is 10.2 Å². The monoisotopic (exact) mass is 240 g/mol. The van der Waals surface area contributed by atoms with Gasteiger partial charge in [-0.25, -0.2) is 4.98 Å². The van der Waals surface area contributed by atoms with Crippen LogP contribution in [0, 0.1) is 0 Å². The van der Waals surface area contributed by atoms with E-state index in [0.717, 1.165) is 24.7 Å². The highest BCUT2D eigenvalue weighted by Gasteiger charge is 2.06. The lowest BCUT2D eigenvalue weighted by molar-refractivity contribution is 0.0967. The molecule has 1 heterocycles. The first-order valence-electron chi connectivity index (χ1n) is 5.75. The summed E-state index contributed by atoms with van der Waals surface area (Å²) in [5, 5.41) is 11.6. The average molecular weight is 240 g/mol. The minimum atomic E-state index is 0.0567. The summed E-state index contributed by atoms with van der Waals surface area (Å²) >= 11 is 0. The van der Waals surface area contributed by atoms with Crippen molar-refractivity contribution in [3.05, 3.63) is 12.4 Å². The number of nitrogens with zero attached hydrogens (tertiary/aromatic N) is 3. The lowest BCUT2D eigenvalue weighted by Crippen LogP contribution is -2.28. The van der Waals surface area contributed by atoms with E-state index in [1.807, 2.05) is 7.05 Å². The Morgan fingerprint density at radius 3 is 2.88 bits per heavy atom. The van der Waals surface area contributed by atoms with Gasteiger partial charge in [-0.15, -0.1) is 0 Å². The van der Waals surface area contributed by atoms with Gasteiger partial charge < -0.3 is 20.1 Å². The molecule has 1 rings (SSSR count). The number of anilines is 2. The highest BCUT2D eigenvalue weighted by molar-refractivity contribution is 5.43. The minimum absolute atomic E-state index is 0.0567. The van der Waals surface area contributed by atoms with E-state index < -0.39 is 0 Å². The fourth-order valence-electron chi connectivity index (χ4n) is 1.40. The van der Waals surface area contributed by atoms with Gasteiger partial charge in [-0.3, -0.25) is 4.98 Å². The second kappa shape index (κ2) is 7.81. The quantitative estimate of drug-likeness (QED) is 0.639. The molecule has 96 valence electrons. The van der Waals surface area contributed by atoms with Crippen molar-refractivity contribution >= 4 is 11.6 Å². The zero-order valence-corrected chi connectivity index (χ0v) is 10.4. The first-order chi connectivity index (χ1) is 8.31. The number of hydrogen-bond acceptors (Lipinski definition) is 6. The fourth-order valence-corrected chi connectivity index (χ4v) is 1.40. The molecule has 0 aliphatic heterocycles. The summed E-state index contributed by atoms with van der Waals surface area (Å²) < 4.78 is 5.24. The van der Waals surface area contributed by atoms with Crippen LogP contribution in [-0.4, -0.2) is 55.0 Å². The summed E-state index contributed by atoms with van der Waals surface area (Å²) in [6, 6.07) is 0. The Labute approximate surface area is 102 Å². The third-order valence-corrected chi connectivity index (χ3v) is 2.32. The zero-order chi connectivity index (χ0) is 12.5. The molecule has 0 fully saturated rings. The molecule has 0 spiro atoms. The maximum Gasteiger partial charge on any atom is 0.149 e. The van der Waals surface area contributed by atoms with Gasteiger partial charge in [0.05, 0.1) is 32.2 Å². The van der Waals surface area contributed by atoms with Crippen LogP contribution in [0.25, 0.3) is 0 Å². The number of aliphatic hydroxyl groups is 1. The zero-order valence-electron chi connectivity index (χ0n) is 10.4. The summed E-state index contributed by atoms with van der Waals surface area (Å²) in [6.45, 7) is 4.63. The van der Waals surface area contributed by atoms with Gasteiger partial charge >= 0.3 is 0 Å². The Bertz CT molecular complexity index is 322. The molecule has 0 aliphatic rings. The molecule has 0 aromatic carbocycles. The van der Waals surface area contributed by atoms with Gasteiger partial charge in [0.1, 0.15) is 11.6 Å². The van der Waals surface area contributed by atoms with Crippen LogP contribution in [0.2, 0.25) is 0 Å². The fraction of sp³-hybridized carbons (Fsp3) is 0.636. The molecule has 0 atom stereocenters. The van der Waals surface area contributed by atoms with Crippen molar-refractivity contribution in [3.63, 3.8) is 0 Å². The van der Waals surface area contributed by atoms with Crippen molar-refractivity contribution in [2.75, 3.05) is 50.2 Å². The molecule has 0 unspecified atom stereocenters. The molecule has 0 aliphatic carbocycles. The molecule has 0 saturated carbocycles. The Hall–Kier alpha value is -1.40. The minimum Gasteiger partial charge on any atom is -0.394 e. The van der Waals surface area contributed by atoms with Gasteiger partial charge in [-0.2, -0.15) is 0 Å². The van der Waals surface area contributed by atoms with E-state index >= 15 is 0 Å². The second-order valence-corrected chi connectivity index (χ2v) is 3.43. The van der Waals surface area contributed by atoms with Crippen LogP contribution in [-0.2, 0) is 4.74 Å². The van der Waals surface area contributed by atoms with Crippen molar-refractivity contribution < 1.29 is 9.84 Å². The Morgan fingerprint density at radius 1 is 1.41 bits per heavy atom. The van der Waals surface area contributed by atoms with E-state index in [1.54, 1.807) is 12.4 Å². The standard InChI is InChI=1S/C11H20N4O2/c1-3-15(4-6-17-7-5-16)11-9-13-8-10(12-2)14-11/h8-9,16H,3-7H2,1-2H3,(H,12,14). The van der Waals surface area contributed by atoms with E-state index in [0.29, 0.717) is 13.2 Å². The third-order valence-electron chi connectivity index (χ3n) is 2.32. The molecule has 0 bridgehead atoms. The van der Waals surface area contributed by atoms with E-state index in [1.165, 1.54) is 0 Å². The van der Waals surface area contributed by atoms with Gasteiger partial charge in [0.2, 0.25) is 0 Å². The lowest BCUT2D eigenvalue weighted by atomic mass is 10.4. The first-order valence-corrected chi connectivity index (χ1v) is 5.75. The highest BCUT2D eigenvalue weighted by Crippen LogP contribution is 2.11. The maximum absolute atomic E-state index is 8.60. The van der Waals surface area contributed by atoms with Gasteiger partial charge in [-0.05, 0) is 6.92 Å². The van der Waals surface area contributed by atoms with Gasteiger partial charge in [0.25, 0.3) is 0 Å². The topological polar surface area (TPSA) is 70.5 Å². The van der Waals surface area contributed by atoms with Crippen molar-refractivity contribution in [3.8, 4) is 0 Å². The number of aliphatic hydroxyl groups excluding tert-OH is 1. The van der Waals surface area contributed by atoms with Crippen molar-refractivity contribution in [2.24, 2.45) is 0 Å². The van der Waals surface area contributed by atoms with Crippen LogP contribution in [0.1, 0.15) is 6.92 Å². The molecule has 2 N–H and O–H groups in total. The number of rotatable bonds is 8.